The van der Waals surface area contributed by atoms with Crippen LogP contribution in [0.1, 0.15) is 43.2 Å². The minimum atomic E-state index is -0.667. The molecule has 5 nitrogen and oxygen atoms in total. The van der Waals surface area contributed by atoms with Crippen LogP contribution in [0.3, 0.4) is 0 Å². The Morgan fingerprint density at radius 2 is 2.17 bits per heavy atom. The summed E-state index contributed by atoms with van der Waals surface area (Å²) in [5.41, 5.74) is 0.256. The largest absolute Gasteiger partial charge is 0.349 e. The fourth-order valence-electron chi connectivity index (χ4n) is 2.55. The van der Waals surface area contributed by atoms with Gasteiger partial charge in [0, 0.05) is 17.7 Å². The number of aryl methyl sites for hydroxylation is 1. The van der Waals surface area contributed by atoms with E-state index in [0.717, 1.165) is 29.9 Å². The van der Waals surface area contributed by atoms with Gasteiger partial charge in [-0.2, -0.15) is 0 Å². The lowest BCUT2D eigenvalue weighted by Gasteiger charge is -2.15. The van der Waals surface area contributed by atoms with Crippen LogP contribution in [0.15, 0.2) is 23.4 Å². The number of hydrogen-bond donors (Lipinski definition) is 1. The van der Waals surface area contributed by atoms with Crippen LogP contribution in [0.25, 0.3) is 0 Å². The van der Waals surface area contributed by atoms with Crippen molar-refractivity contribution in [2.75, 3.05) is 5.75 Å². The van der Waals surface area contributed by atoms with Crippen LogP contribution in [-0.2, 0) is 4.79 Å². The Kier molecular flexibility index (Phi) is 4.84. The van der Waals surface area contributed by atoms with Crippen LogP contribution in [0, 0.1) is 18.6 Å². The Bertz CT molecular complexity index is 761. The zero-order valence-corrected chi connectivity index (χ0v) is 14.2. The number of halogens is 2. The highest BCUT2D eigenvalue weighted by atomic mass is 32.2. The third-order valence-electron chi connectivity index (χ3n) is 3.89. The third kappa shape index (κ3) is 3.75. The minimum absolute atomic E-state index is 0.165. The third-order valence-corrected chi connectivity index (χ3v) is 4.83. The van der Waals surface area contributed by atoms with Gasteiger partial charge in [-0.05, 0) is 32.8 Å². The fourth-order valence-corrected chi connectivity index (χ4v) is 3.41. The predicted molar refractivity (Wildman–Crippen MR) is 86.7 cm³/mol. The van der Waals surface area contributed by atoms with Crippen LogP contribution in [0.5, 0.6) is 0 Å². The summed E-state index contributed by atoms with van der Waals surface area (Å²) < 4.78 is 28.7. The SMILES string of the molecule is Cc1nnc(SCC(=O)NC(C)c2ccc(F)cc2F)n1C1CC1. The smallest absolute Gasteiger partial charge is 0.230 e. The highest BCUT2D eigenvalue weighted by Gasteiger charge is 2.28. The summed E-state index contributed by atoms with van der Waals surface area (Å²) in [4.78, 5) is 12.1. The number of nitrogens with zero attached hydrogens (tertiary/aromatic N) is 3. The molecule has 0 saturated heterocycles. The standard InChI is InChI=1S/C16H18F2N4OS/c1-9(13-6-3-11(17)7-14(13)18)19-15(23)8-24-16-21-20-10(2)22(16)12-4-5-12/h3,6-7,9,12H,4-5,8H2,1-2H3,(H,19,23). The van der Waals surface area contributed by atoms with Crippen molar-refractivity contribution in [2.24, 2.45) is 0 Å². The maximum absolute atomic E-state index is 13.7. The van der Waals surface area contributed by atoms with Crippen molar-refractivity contribution < 1.29 is 13.6 Å². The number of nitrogens with one attached hydrogen (secondary N) is 1. The molecule has 1 aliphatic rings. The molecule has 1 fully saturated rings. The van der Waals surface area contributed by atoms with Gasteiger partial charge in [-0.1, -0.05) is 17.8 Å². The molecule has 1 saturated carbocycles. The Morgan fingerprint density at radius 3 is 2.83 bits per heavy atom. The molecule has 0 aliphatic heterocycles. The van der Waals surface area contributed by atoms with E-state index in [0.29, 0.717) is 6.04 Å². The first-order chi connectivity index (χ1) is 11.5. The molecule has 1 amide bonds. The number of rotatable bonds is 6. The first-order valence-corrected chi connectivity index (χ1v) is 8.73. The highest BCUT2D eigenvalue weighted by molar-refractivity contribution is 7.99. The molecule has 1 aromatic heterocycles. The predicted octanol–water partition coefficient (Wildman–Crippen LogP) is 3.17. The molecule has 1 N–H and O–H groups in total. The molecule has 1 atom stereocenters. The first-order valence-electron chi connectivity index (χ1n) is 7.74. The molecular weight excluding hydrogens is 334 g/mol. The second-order valence-corrected chi connectivity index (χ2v) is 6.82. The van der Waals surface area contributed by atoms with E-state index in [1.807, 2.05) is 6.92 Å². The summed E-state index contributed by atoms with van der Waals surface area (Å²) in [6.45, 7) is 3.56. The Hall–Kier alpha value is -1.96. The van der Waals surface area contributed by atoms with Crippen molar-refractivity contribution in [2.45, 2.75) is 43.9 Å². The van der Waals surface area contributed by atoms with Crippen LogP contribution < -0.4 is 5.32 Å². The molecule has 8 heteroatoms. The average Bonchev–Trinajstić information content (AvgIpc) is 3.28. The topological polar surface area (TPSA) is 59.8 Å². The van der Waals surface area contributed by atoms with E-state index < -0.39 is 17.7 Å². The van der Waals surface area contributed by atoms with Crippen molar-refractivity contribution in [1.29, 1.82) is 0 Å². The van der Waals surface area contributed by atoms with Gasteiger partial charge in [0.25, 0.3) is 0 Å². The van der Waals surface area contributed by atoms with E-state index in [1.165, 1.54) is 23.9 Å². The van der Waals surface area contributed by atoms with E-state index in [2.05, 4.69) is 20.1 Å². The van der Waals surface area contributed by atoms with Crippen LogP contribution >= 0.6 is 11.8 Å². The van der Waals surface area contributed by atoms with Crippen LogP contribution in [0.2, 0.25) is 0 Å². The molecule has 1 heterocycles. The molecule has 24 heavy (non-hydrogen) atoms. The van der Waals surface area contributed by atoms with Gasteiger partial charge in [-0.15, -0.1) is 10.2 Å². The lowest BCUT2D eigenvalue weighted by Crippen LogP contribution is -2.28. The fraction of sp³-hybridized carbons (Fsp3) is 0.438. The number of benzene rings is 1. The molecule has 1 aliphatic carbocycles. The molecule has 3 rings (SSSR count). The first kappa shape index (κ1) is 16.9. The Labute approximate surface area is 142 Å². The zero-order chi connectivity index (χ0) is 17.3. The highest BCUT2D eigenvalue weighted by Crippen LogP contribution is 2.38. The van der Waals surface area contributed by atoms with Crippen LogP contribution in [0.4, 0.5) is 8.78 Å². The molecular formula is C16H18F2N4OS. The van der Waals surface area contributed by atoms with Gasteiger partial charge < -0.3 is 9.88 Å². The lowest BCUT2D eigenvalue weighted by molar-refractivity contribution is -0.119. The number of thioether (sulfide) groups is 1. The van der Waals surface area contributed by atoms with Crippen molar-refractivity contribution in [3.8, 4) is 0 Å². The second kappa shape index (κ2) is 6.88. The summed E-state index contributed by atoms with van der Waals surface area (Å²) in [5.74, 6) is -0.529. The van der Waals surface area contributed by atoms with Gasteiger partial charge >= 0.3 is 0 Å². The number of amides is 1. The Morgan fingerprint density at radius 1 is 1.42 bits per heavy atom. The van der Waals surface area contributed by atoms with Gasteiger partial charge in [0.2, 0.25) is 5.91 Å². The number of carbonyl (C=O) groups excluding carboxylic acids is 1. The minimum Gasteiger partial charge on any atom is -0.349 e. The maximum Gasteiger partial charge on any atom is 0.230 e. The maximum atomic E-state index is 13.7. The summed E-state index contributed by atoms with van der Waals surface area (Å²) in [6, 6.07) is 3.24. The lowest BCUT2D eigenvalue weighted by atomic mass is 10.1. The molecule has 1 unspecified atom stereocenters. The molecule has 0 spiro atoms. The second-order valence-electron chi connectivity index (χ2n) is 5.87. The van der Waals surface area contributed by atoms with Crippen molar-refractivity contribution in [3.63, 3.8) is 0 Å². The van der Waals surface area contributed by atoms with Crippen LogP contribution in [-0.4, -0.2) is 26.4 Å². The van der Waals surface area contributed by atoms with Gasteiger partial charge in [-0.3, -0.25) is 4.79 Å². The Balaban J connectivity index is 1.58. The van der Waals surface area contributed by atoms with Gasteiger partial charge in [0.1, 0.15) is 17.5 Å². The summed E-state index contributed by atoms with van der Waals surface area (Å²) in [7, 11) is 0. The van der Waals surface area contributed by atoms with Crippen molar-refractivity contribution >= 4 is 17.7 Å². The molecule has 0 bridgehead atoms. The monoisotopic (exact) mass is 352 g/mol. The van der Waals surface area contributed by atoms with Gasteiger partial charge in [0.05, 0.1) is 11.8 Å². The van der Waals surface area contributed by atoms with Crippen molar-refractivity contribution in [3.05, 3.63) is 41.2 Å². The number of aromatic nitrogens is 3. The summed E-state index contributed by atoms with van der Waals surface area (Å²) in [5, 5.41) is 11.6. The van der Waals surface area contributed by atoms with E-state index >= 15 is 0 Å². The average molecular weight is 352 g/mol. The molecule has 128 valence electrons. The number of carbonyl (C=O) groups is 1. The van der Waals surface area contributed by atoms with E-state index in [9.17, 15) is 13.6 Å². The molecule has 0 radical (unpaired) electrons. The molecule has 1 aromatic carbocycles. The van der Waals surface area contributed by atoms with E-state index in [1.54, 1.807) is 6.92 Å². The van der Waals surface area contributed by atoms with Gasteiger partial charge in [-0.25, -0.2) is 8.78 Å². The van der Waals surface area contributed by atoms with Crippen molar-refractivity contribution in [1.82, 2.24) is 20.1 Å². The zero-order valence-electron chi connectivity index (χ0n) is 13.4. The summed E-state index contributed by atoms with van der Waals surface area (Å²) >= 11 is 1.31. The summed E-state index contributed by atoms with van der Waals surface area (Å²) in [6.07, 6.45) is 2.22. The van der Waals surface area contributed by atoms with E-state index in [4.69, 9.17) is 0 Å². The normalized spacial score (nSPS) is 15.3. The van der Waals surface area contributed by atoms with E-state index in [-0.39, 0.29) is 17.2 Å². The quantitative estimate of drug-likeness (QED) is 0.811. The van der Waals surface area contributed by atoms with Gasteiger partial charge in [0.15, 0.2) is 5.16 Å². The molecule has 2 aromatic rings. The number of hydrogen-bond acceptors (Lipinski definition) is 4.